The highest BCUT2D eigenvalue weighted by Crippen LogP contribution is 2.38. The zero-order chi connectivity index (χ0) is 22.0. The summed E-state index contributed by atoms with van der Waals surface area (Å²) in [5.41, 5.74) is -1.08. The number of rotatable bonds is 6. The summed E-state index contributed by atoms with van der Waals surface area (Å²) >= 11 is 0. The van der Waals surface area contributed by atoms with Gasteiger partial charge < -0.3 is 20.1 Å². The number of aliphatic hydroxyl groups excluding tert-OH is 1. The number of ether oxygens (including phenoxy) is 1. The predicted molar refractivity (Wildman–Crippen MR) is 111 cm³/mol. The molecule has 2 N–H and O–H groups in total. The summed E-state index contributed by atoms with van der Waals surface area (Å²) in [6.45, 7) is 5.15. The number of methoxy groups -OCH3 is 1. The Bertz CT molecular complexity index is 718. The molecule has 1 aromatic carbocycles. The van der Waals surface area contributed by atoms with Crippen LogP contribution in [0.5, 0.6) is 0 Å². The van der Waals surface area contributed by atoms with Crippen LogP contribution < -0.4 is 5.32 Å². The molecule has 1 aliphatic carbocycles. The van der Waals surface area contributed by atoms with E-state index in [4.69, 9.17) is 4.74 Å². The average Bonchev–Trinajstić information content (AvgIpc) is 2.72. The largest absolute Gasteiger partial charge is 0.389 e. The first-order valence-electron chi connectivity index (χ1n) is 10.8. The van der Waals surface area contributed by atoms with Crippen molar-refractivity contribution in [3.8, 4) is 0 Å². The van der Waals surface area contributed by atoms with Crippen LogP contribution in [0, 0.1) is 5.92 Å². The van der Waals surface area contributed by atoms with Gasteiger partial charge in [0.05, 0.1) is 11.6 Å². The van der Waals surface area contributed by atoms with Crippen LogP contribution in [0.15, 0.2) is 30.3 Å². The molecule has 2 atom stereocenters. The van der Waals surface area contributed by atoms with E-state index < -0.39 is 23.2 Å². The van der Waals surface area contributed by atoms with Crippen molar-refractivity contribution in [3.05, 3.63) is 35.9 Å². The molecule has 1 heterocycles. The van der Waals surface area contributed by atoms with E-state index in [2.05, 4.69) is 10.2 Å². The van der Waals surface area contributed by atoms with Crippen LogP contribution in [-0.2, 0) is 15.1 Å². The van der Waals surface area contributed by atoms with Gasteiger partial charge >= 0.3 is 0 Å². The number of carbonyl (C=O) groups is 1. The van der Waals surface area contributed by atoms with Crippen LogP contribution in [0.2, 0.25) is 0 Å². The summed E-state index contributed by atoms with van der Waals surface area (Å²) in [6.07, 6.45) is 0.640. The van der Waals surface area contributed by atoms with Gasteiger partial charge in [-0.25, -0.2) is 8.78 Å². The maximum Gasteiger partial charge on any atom is 0.252 e. The summed E-state index contributed by atoms with van der Waals surface area (Å²) in [5, 5.41) is 14.3. The number of benzene rings is 1. The third-order valence-electron chi connectivity index (χ3n) is 6.86. The van der Waals surface area contributed by atoms with Gasteiger partial charge in [0.25, 0.3) is 5.91 Å². The van der Waals surface area contributed by atoms with Gasteiger partial charge in [0.15, 0.2) is 0 Å². The smallest absolute Gasteiger partial charge is 0.252 e. The lowest BCUT2D eigenvalue weighted by molar-refractivity contribution is -0.145. The number of likely N-dealkylation sites (tertiary alicyclic amines) is 1. The SMILES string of the molecule is COC(C)(C)C(=O)N[C@@]1(c2ccccc2)CCN(CC2CCC(F)(F)CC2)C[C@H]1O. The molecule has 3 rings (SSSR count). The molecule has 2 fully saturated rings. The van der Waals surface area contributed by atoms with E-state index in [9.17, 15) is 18.7 Å². The number of nitrogens with zero attached hydrogens (tertiary/aromatic N) is 1. The number of halogens is 2. The van der Waals surface area contributed by atoms with Crippen molar-refractivity contribution >= 4 is 5.91 Å². The normalized spacial score (nSPS) is 28.3. The fraction of sp³-hybridized carbons (Fsp3) is 0.696. The first kappa shape index (κ1) is 23.1. The first-order valence-corrected chi connectivity index (χ1v) is 10.8. The molecule has 1 amide bonds. The summed E-state index contributed by atoms with van der Waals surface area (Å²) < 4.78 is 32.2. The van der Waals surface area contributed by atoms with Crippen molar-refractivity contribution in [2.24, 2.45) is 5.92 Å². The Morgan fingerprint density at radius 3 is 2.43 bits per heavy atom. The van der Waals surface area contributed by atoms with E-state index in [1.807, 2.05) is 30.3 Å². The molecule has 168 valence electrons. The van der Waals surface area contributed by atoms with E-state index in [-0.39, 0.29) is 24.7 Å². The molecular formula is C23H34F2N2O3. The third-order valence-corrected chi connectivity index (χ3v) is 6.86. The summed E-state index contributed by atoms with van der Waals surface area (Å²) in [4.78, 5) is 15.1. The Balaban J connectivity index is 1.73. The lowest BCUT2D eigenvalue weighted by Crippen LogP contribution is -2.64. The third kappa shape index (κ3) is 5.01. The first-order chi connectivity index (χ1) is 14.1. The van der Waals surface area contributed by atoms with Crippen LogP contribution in [0.4, 0.5) is 8.78 Å². The Kier molecular flexibility index (Phi) is 6.84. The molecule has 7 heteroatoms. The van der Waals surface area contributed by atoms with Gasteiger partial charge in [0.2, 0.25) is 5.92 Å². The molecule has 1 aliphatic heterocycles. The topological polar surface area (TPSA) is 61.8 Å². The van der Waals surface area contributed by atoms with E-state index in [1.165, 1.54) is 7.11 Å². The maximum atomic E-state index is 13.5. The van der Waals surface area contributed by atoms with Crippen molar-refractivity contribution < 1.29 is 23.4 Å². The van der Waals surface area contributed by atoms with E-state index in [0.717, 1.165) is 5.56 Å². The minimum atomic E-state index is -2.53. The Labute approximate surface area is 177 Å². The minimum Gasteiger partial charge on any atom is -0.389 e. The number of amides is 1. The molecule has 30 heavy (non-hydrogen) atoms. The molecule has 1 saturated heterocycles. The van der Waals surface area contributed by atoms with Gasteiger partial charge in [-0.05, 0) is 44.6 Å². The van der Waals surface area contributed by atoms with Crippen molar-refractivity contribution in [1.29, 1.82) is 0 Å². The van der Waals surface area contributed by atoms with Crippen LogP contribution in [0.3, 0.4) is 0 Å². The molecule has 0 spiro atoms. The maximum absolute atomic E-state index is 13.5. The van der Waals surface area contributed by atoms with E-state index in [0.29, 0.717) is 38.9 Å². The van der Waals surface area contributed by atoms with Gasteiger partial charge in [-0.15, -0.1) is 0 Å². The van der Waals surface area contributed by atoms with Crippen molar-refractivity contribution in [2.75, 3.05) is 26.7 Å². The second-order valence-electron chi connectivity index (χ2n) is 9.33. The van der Waals surface area contributed by atoms with Crippen LogP contribution in [0.25, 0.3) is 0 Å². The zero-order valence-corrected chi connectivity index (χ0v) is 18.2. The molecular weight excluding hydrogens is 390 g/mol. The summed E-state index contributed by atoms with van der Waals surface area (Å²) in [5.74, 6) is -2.59. The highest BCUT2D eigenvalue weighted by molar-refractivity contribution is 5.85. The lowest BCUT2D eigenvalue weighted by atomic mass is 9.77. The van der Waals surface area contributed by atoms with Gasteiger partial charge in [-0.2, -0.15) is 0 Å². The molecule has 2 aliphatic rings. The summed E-state index contributed by atoms with van der Waals surface area (Å²) in [6, 6.07) is 9.53. The number of hydrogen-bond donors (Lipinski definition) is 2. The second kappa shape index (κ2) is 8.89. The van der Waals surface area contributed by atoms with Gasteiger partial charge in [0.1, 0.15) is 5.60 Å². The number of β-amino-alcohol motifs (C(OH)–C–C–N with tert-alkyl or cyclic N) is 1. The minimum absolute atomic E-state index is 0.0514. The van der Waals surface area contributed by atoms with E-state index >= 15 is 0 Å². The number of carbonyl (C=O) groups excluding carboxylic acids is 1. The number of nitrogens with one attached hydrogen (secondary N) is 1. The molecule has 0 bridgehead atoms. The fourth-order valence-corrected chi connectivity index (χ4v) is 4.54. The lowest BCUT2D eigenvalue weighted by Gasteiger charge is -2.48. The zero-order valence-electron chi connectivity index (χ0n) is 18.2. The number of piperidine rings is 1. The molecule has 1 saturated carbocycles. The molecule has 5 nitrogen and oxygen atoms in total. The highest BCUT2D eigenvalue weighted by Gasteiger charge is 2.47. The van der Waals surface area contributed by atoms with Crippen molar-refractivity contribution in [2.45, 2.75) is 69.1 Å². The quantitative estimate of drug-likeness (QED) is 0.736. The molecule has 0 radical (unpaired) electrons. The summed E-state index contributed by atoms with van der Waals surface area (Å²) in [7, 11) is 1.49. The van der Waals surface area contributed by atoms with Gasteiger partial charge in [0, 0.05) is 39.6 Å². The predicted octanol–water partition coefficient (Wildman–Crippen LogP) is 3.32. The highest BCUT2D eigenvalue weighted by atomic mass is 19.3. The van der Waals surface area contributed by atoms with Crippen LogP contribution >= 0.6 is 0 Å². The Morgan fingerprint density at radius 2 is 1.87 bits per heavy atom. The van der Waals surface area contributed by atoms with E-state index in [1.54, 1.807) is 13.8 Å². The van der Waals surface area contributed by atoms with Crippen LogP contribution in [0.1, 0.15) is 51.5 Å². The molecule has 0 unspecified atom stereocenters. The second-order valence-corrected chi connectivity index (χ2v) is 9.33. The Hall–Kier alpha value is -1.57. The molecule has 1 aromatic rings. The number of alkyl halides is 2. The molecule has 0 aromatic heterocycles. The van der Waals surface area contributed by atoms with Gasteiger partial charge in [-0.3, -0.25) is 4.79 Å². The fourth-order valence-electron chi connectivity index (χ4n) is 4.54. The van der Waals surface area contributed by atoms with Crippen molar-refractivity contribution in [3.63, 3.8) is 0 Å². The Morgan fingerprint density at radius 1 is 1.23 bits per heavy atom. The van der Waals surface area contributed by atoms with Crippen LogP contribution in [-0.4, -0.2) is 60.3 Å². The van der Waals surface area contributed by atoms with Crippen molar-refractivity contribution in [1.82, 2.24) is 10.2 Å². The number of aliphatic hydroxyl groups is 1. The standard InChI is InChI=1S/C23H34F2N2O3/c1-21(2,30-3)20(29)26-23(18-7-5-4-6-8-18)13-14-27(16-19(23)28)15-17-9-11-22(24,25)12-10-17/h4-8,17,19,28H,9-16H2,1-3H3,(H,26,29)/t19-,23-/m1/s1. The number of hydrogen-bond acceptors (Lipinski definition) is 4. The average molecular weight is 425 g/mol. The monoisotopic (exact) mass is 424 g/mol. The van der Waals surface area contributed by atoms with Gasteiger partial charge in [-0.1, -0.05) is 30.3 Å².